The molecule has 114 valence electrons. The van der Waals surface area contributed by atoms with Crippen molar-refractivity contribution in [3.8, 4) is 0 Å². The maximum atomic E-state index is 5.31. The van der Waals surface area contributed by atoms with Crippen LogP contribution in [-0.2, 0) is 11.2 Å². The molecule has 1 aliphatic rings. The van der Waals surface area contributed by atoms with E-state index in [9.17, 15) is 0 Å². The monoisotopic (exact) mass is 280 g/mol. The molecule has 1 aromatic heterocycles. The van der Waals surface area contributed by atoms with Gasteiger partial charge in [0.15, 0.2) is 0 Å². The van der Waals surface area contributed by atoms with Crippen LogP contribution < -0.4 is 10.2 Å². The minimum absolute atomic E-state index is 0.309. The third kappa shape index (κ3) is 3.33. The SMILES string of the molecule is CCc1cn(C(C)COC)c(N2CC(C)NC(C)C2)n1. The van der Waals surface area contributed by atoms with Gasteiger partial charge in [-0.05, 0) is 27.2 Å². The van der Waals surface area contributed by atoms with Gasteiger partial charge in [-0.2, -0.15) is 0 Å². The molecule has 1 N–H and O–H groups in total. The lowest BCUT2D eigenvalue weighted by atomic mass is 10.1. The van der Waals surface area contributed by atoms with E-state index in [-0.39, 0.29) is 0 Å². The topological polar surface area (TPSA) is 42.3 Å². The number of aryl methyl sites for hydroxylation is 1. The number of imidazole rings is 1. The minimum atomic E-state index is 0.309. The van der Waals surface area contributed by atoms with Crippen LogP contribution in [0.4, 0.5) is 5.95 Å². The molecule has 20 heavy (non-hydrogen) atoms. The Morgan fingerprint density at radius 1 is 1.40 bits per heavy atom. The Balaban J connectivity index is 2.26. The van der Waals surface area contributed by atoms with Crippen molar-refractivity contribution >= 4 is 5.95 Å². The molecule has 0 spiro atoms. The molecule has 1 fully saturated rings. The van der Waals surface area contributed by atoms with Crippen LogP contribution in [0.2, 0.25) is 0 Å². The number of piperazine rings is 1. The summed E-state index contributed by atoms with van der Waals surface area (Å²) in [6.45, 7) is 11.5. The van der Waals surface area contributed by atoms with Gasteiger partial charge in [-0.1, -0.05) is 6.92 Å². The van der Waals surface area contributed by atoms with Crippen LogP contribution in [0.3, 0.4) is 0 Å². The van der Waals surface area contributed by atoms with Gasteiger partial charge in [0.05, 0.1) is 18.3 Å². The normalized spacial score (nSPS) is 24.9. The van der Waals surface area contributed by atoms with Crippen molar-refractivity contribution in [2.24, 2.45) is 0 Å². The van der Waals surface area contributed by atoms with Gasteiger partial charge in [-0.3, -0.25) is 0 Å². The third-order valence-corrected chi connectivity index (χ3v) is 3.85. The Hall–Kier alpha value is -1.07. The lowest BCUT2D eigenvalue weighted by Crippen LogP contribution is -2.55. The molecule has 3 unspecified atom stereocenters. The summed E-state index contributed by atoms with van der Waals surface area (Å²) in [6.07, 6.45) is 3.15. The molecule has 0 saturated carbocycles. The van der Waals surface area contributed by atoms with Crippen molar-refractivity contribution in [3.05, 3.63) is 11.9 Å². The molecule has 0 aliphatic carbocycles. The highest BCUT2D eigenvalue weighted by Crippen LogP contribution is 2.22. The van der Waals surface area contributed by atoms with Crippen molar-refractivity contribution in [1.29, 1.82) is 0 Å². The van der Waals surface area contributed by atoms with Gasteiger partial charge in [0.25, 0.3) is 0 Å². The van der Waals surface area contributed by atoms with Gasteiger partial charge in [-0.25, -0.2) is 4.98 Å². The first-order valence-electron chi connectivity index (χ1n) is 7.62. The summed E-state index contributed by atoms with van der Waals surface area (Å²) in [7, 11) is 1.75. The molecule has 1 aliphatic heterocycles. The first-order chi connectivity index (χ1) is 9.55. The van der Waals surface area contributed by atoms with Crippen molar-refractivity contribution in [2.75, 3.05) is 31.7 Å². The molecule has 0 radical (unpaired) electrons. The molecular weight excluding hydrogens is 252 g/mol. The zero-order chi connectivity index (χ0) is 14.7. The Morgan fingerprint density at radius 3 is 2.60 bits per heavy atom. The van der Waals surface area contributed by atoms with Crippen LogP contribution in [0.25, 0.3) is 0 Å². The van der Waals surface area contributed by atoms with E-state index in [0.717, 1.165) is 31.2 Å². The molecule has 1 aromatic rings. The lowest BCUT2D eigenvalue weighted by Gasteiger charge is -2.37. The number of ether oxygens (including phenoxy) is 1. The smallest absolute Gasteiger partial charge is 0.206 e. The number of hydrogen-bond acceptors (Lipinski definition) is 4. The second-order valence-corrected chi connectivity index (χ2v) is 5.97. The standard InChI is InChI=1S/C15H28N4O/c1-6-14-9-19(13(4)10-20-5)15(17-14)18-7-11(2)16-12(3)8-18/h9,11-13,16H,6-8,10H2,1-5H3. The zero-order valence-corrected chi connectivity index (χ0v) is 13.4. The summed E-state index contributed by atoms with van der Waals surface area (Å²) >= 11 is 0. The van der Waals surface area contributed by atoms with Crippen LogP contribution in [0.15, 0.2) is 6.20 Å². The van der Waals surface area contributed by atoms with E-state index < -0.39 is 0 Å². The number of rotatable bonds is 5. The van der Waals surface area contributed by atoms with Crippen LogP contribution >= 0.6 is 0 Å². The lowest BCUT2D eigenvalue weighted by molar-refractivity contribution is 0.162. The van der Waals surface area contributed by atoms with E-state index in [2.05, 4.69) is 48.7 Å². The average Bonchev–Trinajstić information content (AvgIpc) is 2.82. The summed E-state index contributed by atoms with van der Waals surface area (Å²) in [5, 5.41) is 3.57. The molecule has 5 nitrogen and oxygen atoms in total. The average molecular weight is 280 g/mol. The molecular formula is C15H28N4O. The molecule has 3 atom stereocenters. The molecule has 0 aromatic carbocycles. The molecule has 2 rings (SSSR count). The van der Waals surface area contributed by atoms with Crippen LogP contribution in [0.5, 0.6) is 0 Å². The van der Waals surface area contributed by atoms with Gasteiger partial charge in [0.1, 0.15) is 0 Å². The van der Waals surface area contributed by atoms with E-state index in [4.69, 9.17) is 9.72 Å². The van der Waals surface area contributed by atoms with E-state index in [1.54, 1.807) is 7.11 Å². The number of nitrogens with one attached hydrogen (secondary N) is 1. The van der Waals surface area contributed by atoms with Crippen molar-refractivity contribution in [1.82, 2.24) is 14.9 Å². The summed E-state index contributed by atoms with van der Waals surface area (Å²) in [6, 6.07) is 1.29. The third-order valence-electron chi connectivity index (χ3n) is 3.85. The first kappa shape index (κ1) is 15.3. The Labute approximate surface area is 122 Å². The van der Waals surface area contributed by atoms with E-state index in [1.807, 2.05) is 0 Å². The van der Waals surface area contributed by atoms with Gasteiger partial charge in [0.2, 0.25) is 5.95 Å². The summed E-state index contributed by atoms with van der Waals surface area (Å²) in [5.74, 6) is 1.09. The maximum Gasteiger partial charge on any atom is 0.206 e. The van der Waals surface area contributed by atoms with E-state index in [0.29, 0.717) is 24.7 Å². The second kappa shape index (κ2) is 6.59. The maximum absolute atomic E-state index is 5.31. The second-order valence-electron chi connectivity index (χ2n) is 5.97. The number of aromatic nitrogens is 2. The number of anilines is 1. The number of methoxy groups -OCH3 is 1. The number of hydrogen-bond donors (Lipinski definition) is 1. The molecule has 0 bridgehead atoms. The van der Waals surface area contributed by atoms with Crippen molar-refractivity contribution < 1.29 is 4.74 Å². The van der Waals surface area contributed by atoms with Gasteiger partial charge in [0, 0.05) is 38.5 Å². The fourth-order valence-electron chi connectivity index (χ4n) is 2.97. The van der Waals surface area contributed by atoms with E-state index >= 15 is 0 Å². The predicted molar refractivity (Wildman–Crippen MR) is 82.5 cm³/mol. The van der Waals surface area contributed by atoms with Crippen molar-refractivity contribution in [3.63, 3.8) is 0 Å². The quantitative estimate of drug-likeness (QED) is 0.893. The number of nitrogens with zero attached hydrogens (tertiary/aromatic N) is 3. The van der Waals surface area contributed by atoms with Gasteiger partial charge in [-0.15, -0.1) is 0 Å². The molecule has 0 amide bonds. The summed E-state index contributed by atoms with van der Waals surface area (Å²) < 4.78 is 7.58. The highest BCUT2D eigenvalue weighted by Gasteiger charge is 2.25. The Morgan fingerprint density at radius 2 is 2.05 bits per heavy atom. The van der Waals surface area contributed by atoms with Crippen LogP contribution in [-0.4, -0.2) is 48.4 Å². The van der Waals surface area contributed by atoms with Crippen LogP contribution in [0, 0.1) is 0 Å². The largest absolute Gasteiger partial charge is 0.383 e. The molecule has 1 saturated heterocycles. The fourth-order valence-corrected chi connectivity index (χ4v) is 2.97. The Kier molecular flexibility index (Phi) is 5.05. The molecule has 2 heterocycles. The van der Waals surface area contributed by atoms with E-state index in [1.165, 1.54) is 0 Å². The summed E-state index contributed by atoms with van der Waals surface area (Å²) in [5.41, 5.74) is 1.15. The van der Waals surface area contributed by atoms with Crippen molar-refractivity contribution in [2.45, 2.75) is 52.2 Å². The summed E-state index contributed by atoms with van der Waals surface area (Å²) in [4.78, 5) is 7.23. The highest BCUT2D eigenvalue weighted by molar-refractivity contribution is 5.36. The first-order valence-corrected chi connectivity index (χ1v) is 7.62. The zero-order valence-electron chi connectivity index (χ0n) is 13.4. The highest BCUT2D eigenvalue weighted by atomic mass is 16.5. The predicted octanol–water partition coefficient (Wildman–Crippen LogP) is 1.84. The Bertz CT molecular complexity index is 422. The van der Waals surface area contributed by atoms with Crippen LogP contribution in [0.1, 0.15) is 39.4 Å². The molecule has 5 heteroatoms. The van der Waals surface area contributed by atoms with Gasteiger partial charge < -0.3 is 19.5 Å². The van der Waals surface area contributed by atoms with Gasteiger partial charge >= 0.3 is 0 Å². The fraction of sp³-hybridized carbons (Fsp3) is 0.800. The minimum Gasteiger partial charge on any atom is -0.383 e.